The van der Waals surface area contributed by atoms with Crippen molar-refractivity contribution in [2.75, 3.05) is 26.2 Å². The molecule has 2 heterocycles. The van der Waals surface area contributed by atoms with Gasteiger partial charge in [-0.2, -0.15) is 0 Å². The Morgan fingerprint density at radius 1 is 1.39 bits per heavy atom. The number of aromatic nitrogens is 1. The molecule has 1 unspecified atom stereocenters. The lowest BCUT2D eigenvalue weighted by atomic mass is 9.94. The van der Waals surface area contributed by atoms with Crippen molar-refractivity contribution < 1.29 is 4.79 Å². The topological polar surface area (TPSA) is 45.2 Å². The Morgan fingerprint density at radius 3 is 2.96 bits per heavy atom. The van der Waals surface area contributed by atoms with Gasteiger partial charge in [0.2, 0.25) is 0 Å². The Hall–Kier alpha value is -1.72. The Bertz CT molecular complexity index is 682. The minimum absolute atomic E-state index is 0.0657. The molecule has 1 amide bonds. The highest BCUT2D eigenvalue weighted by atomic mass is 32.1. The van der Waals surface area contributed by atoms with Gasteiger partial charge in [-0.3, -0.25) is 4.79 Å². The number of thiazole rings is 1. The van der Waals surface area contributed by atoms with Crippen LogP contribution in [0.5, 0.6) is 0 Å². The second-order valence-electron chi connectivity index (χ2n) is 6.15. The van der Waals surface area contributed by atoms with Crippen molar-refractivity contribution in [3.8, 4) is 0 Å². The summed E-state index contributed by atoms with van der Waals surface area (Å²) in [6.07, 6.45) is 1.20. The molecule has 23 heavy (non-hydrogen) atoms. The van der Waals surface area contributed by atoms with Crippen LogP contribution < -0.4 is 5.32 Å². The standard InChI is InChI=1S/C18H23N3OS/c1-13-5-3-4-6-16(13)15-7-9-21(11-15)10-8-19-18(22)17-12-23-14(2)20-17/h3-6,12,15H,7-11H2,1-2H3,(H,19,22). The van der Waals surface area contributed by atoms with E-state index in [9.17, 15) is 4.79 Å². The summed E-state index contributed by atoms with van der Waals surface area (Å²) in [4.78, 5) is 18.6. The van der Waals surface area contributed by atoms with Gasteiger partial charge in [-0.15, -0.1) is 11.3 Å². The Balaban J connectivity index is 1.45. The summed E-state index contributed by atoms with van der Waals surface area (Å²) in [5.41, 5.74) is 3.38. The molecule has 0 radical (unpaired) electrons. The number of benzene rings is 1. The predicted molar refractivity (Wildman–Crippen MR) is 94.2 cm³/mol. The zero-order valence-electron chi connectivity index (χ0n) is 13.7. The van der Waals surface area contributed by atoms with Crippen LogP contribution in [0, 0.1) is 13.8 Å². The van der Waals surface area contributed by atoms with Crippen LogP contribution in [0.4, 0.5) is 0 Å². The van der Waals surface area contributed by atoms with Gasteiger partial charge in [0.05, 0.1) is 5.01 Å². The van der Waals surface area contributed by atoms with Gasteiger partial charge in [-0.1, -0.05) is 24.3 Å². The quantitative estimate of drug-likeness (QED) is 0.917. The Kier molecular flexibility index (Phi) is 5.08. The molecule has 5 heteroatoms. The first-order valence-electron chi connectivity index (χ1n) is 8.11. The molecule has 3 rings (SSSR count). The van der Waals surface area contributed by atoms with E-state index in [1.54, 1.807) is 0 Å². The van der Waals surface area contributed by atoms with E-state index < -0.39 is 0 Å². The van der Waals surface area contributed by atoms with Gasteiger partial charge >= 0.3 is 0 Å². The normalized spacial score (nSPS) is 18.3. The molecular formula is C18H23N3OS. The molecule has 1 aliphatic rings. The van der Waals surface area contributed by atoms with E-state index in [4.69, 9.17) is 0 Å². The van der Waals surface area contributed by atoms with Crippen molar-refractivity contribution in [2.45, 2.75) is 26.2 Å². The average Bonchev–Trinajstić information content (AvgIpc) is 3.17. The first-order valence-corrected chi connectivity index (χ1v) is 8.99. The molecular weight excluding hydrogens is 306 g/mol. The van der Waals surface area contributed by atoms with E-state index in [1.807, 2.05) is 12.3 Å². The second kappa shape index (κ2) is 7.23. The van der Waals surface area contributed by atoms with Crippen LogP contribution in [0.3, 0.4) is 0 Å². The highest BCUT2D eigenvalue weighted by molar-refractivity contribution is 7.09. The van der Waals surface area contributed by atoms with Crippen LogP contribution in [0.15, 0.2) is 29.6 Å². The van der Waals surface area contributed by atoms with Crippen molar-refractivity contribution in [1.29, 1.82) is 0 Å². The van der Waals surface area contributed by atoms with Gasteiger partial charge in [0.25, 0.3) is 5.91 Å². The average molecular weight is 329 g/mol. The number of likely N-dealkylation sites (tertiary alicyclic amines) is 1. The summed E-state index contributed by atoms with van der Waals surface area (Å²) in [5.74, 6) is 0.553. The van der Waals surface area contributed by atoms with Crippen molar-refractivity contribution >= 4 is 17.2 Å². The Morgan fingerprint density at radius 2 is 2.22 bits per heavy atom. The largest absolute Gasteiger partial charge is 0.349 e. The first kappa shape index (κ1) is 16.1. The van der Waals surface area contributed by atoms with Crippen molar-refractivity contribution in [3.05, 3.63) is 51.5 Å². The fourth-order valence-corrected chi connectivity index (χ4v) is 3.81. The van der Waals surface area contributed by atoms with E-state index in [2.05, 4.69) is 46.4 Å². The summed E-state index contributed by atoms with van der Waals surface area (Å²) in [5, 5.41) is 5.71. The predicted octanol–water partition coefficient (Wildman–Crippen LogP) is 2.98. The summed E-state index contributed by atoms with van der Waals surface area (Å²) in [7, 11) is 0. The van der Waals surface area contributed by atoms with Crippen LogP contribution in [-0.2, 0) is 0 Å². The smallest absolute Gasteiger partial charge is 0.270 e. The molecule has 0 bridgehead atoms. The summed E-state index contributed by atoms with van der Waals surface area (Å²) in [6.45, 7) is 7.86. The van der Waals surface area contributed by atoms with Gasteiger partial charge in [0.1, 0.15) is 5.69 Å². The third-order valence-electron chi connectivity index (χ3n) is 4.47. The minimum Gasteiger partial charge on any atom is -0.349 e. The summed E-state index contributed by atoms with van der Waals surface area (Å²) < 4.78 is 0. The van der Waals surface area contributed by atoms with E-state index in [1.165, 1.54) is 28.9 Å². The number of rotatable bonds is 5. The molecule has 1 atom stereocenters. The molecule has 1 aromatic heterocycles. The molecule has 1 saturated heterocycles. The van der Waals surface area contributed by atoms with Gasteiger partial charge in [-0.25, -0.2) is 4.98 Å². The van der Waals surface area contributed by atoms with E-state index in [0.29, 0.717) is 18.2 Å². The SMILES string of the molecule is Cc1nc(C(=O)NCCN2CCC(c3ccccc3C)C2)cs1. The van der Waals surface area contributed by atoms with E-state index in [-0.39, 0.29) is 5.91 Å². The molecule has 1 aliphatic heterocycles. The number of hydrogen-bond donors (Lipinski definition) is 1. The van der Waals surface area contributed by atoms with Crippen molar-refractivity contribution in [2.24, 2.45) is 0 Å². The number of carbonyl (C=O) groups is 1. The lowest BCUT2D eigenvalue weighted by Gasteiger charge is -2.17. The molecule has 0 aliphatic carbocycles. The van der Waals surface area contributed by atoms with Gasteiger partial charge in [0.15, 0.2) is 0 Å². The van der Waals surface area contributed by atoms with Crippen LogP contribution in [0.2, 0.25) is 0 Å². The molecule has 1 N–H and O–H groups in total. The fraction of sp³-hybridized carbons (Fsp3) is 0.444. The van der Waals surface area contributed by atoms with Crippen LogP contribution >= 0.6 is 11.3 Å². The third kappa shape index (κ3) is 3.98. The monoisotopic (exact) mass is 329 g/mol. The zero-order valence-corrected chi connectivity index (χ0v) is 14.5. The molecule has 122 valence electrons. The number of nitrogens with zero attached hydrogens (tertiary/aromatic N) is 2. The van der Waals surface area contributed by atoms with Crippen LogP contribution in [0.25, 0.3) is 0 Å². The second-order valence-corrected chi connectivity index (χ2v) is 7.21. The van der Waals surface area contributed by atoms with Crippen LogP contribution in [-0.4, -0.2) is 42.0 Å². The van der Waals surface area contributed by atoms with Crippen molar-refractivity contribution in [1.82, 2.24) is 15.2 Å². The minimum atomic E-state index is -0.0657. The van der Waals surface area contributed by atoms with Gasteiger partial charge < -0.3 is 10.2 Å². The lowest BCUT2D eigenvalue weighted by Crippen LogP contribution is -2.34. The van der Waals surface area contributed by atoms with Gasteiger partial charge in [-0.05, 0) is 43.9 Å². The fourth-order valence-electron chi connectivity index (χ4n) is 3.22. The van der Waals surface area contributed by atoms with Gasteiger partial charge in [0, 0.05) is 25.0 Å². The maximum absolute atomic E-state index is 12.0. The number of nitrogens with one attached hydrogen (secondary N) is 1. The number of hydrogen-bond acceptors (Lipinski definition) is 4. The van der Waals surface area contributed by atoms with Crippen LogP contribution in [0.1, 0.15) is 39.0 Å². The summed E-state index contributed by atoms with van der Waals surface area (Å²) >= 11 is 1.51. The number of carbonyl (C=O) groups excluding carboxylic acids is 1. The highest BCUT2D eigenvalue weighted by Crippen LogP contribution is 2.28. The molecule has 0 spiro atoms. The molecule has 2 aromatic rings. The zero-order chi connectivity index (χ0) is 16.2. The first-order chi connectivity index (χ1) is 11.1. The third-order valence-corrected chi connectivity index (χ3v) is 5.24. The maximum Gasteiger partial charge on any atom is 0.270 e. The summed E-state index contributed by atoms with van der Waals surface area (Å²) in [6, 6.07) is 8.66. The highest BCUT2D eigenvalue weighted by Gasteiger charge is 2.24. The number of aryl methyl sites for hydroxylation is 2. The molecule has 0 saturated carbocycles. The van der Waals surface area contributed by atoms with Crippen molar-refractivity contribution in [3.63, 3.8) is 0 Å². The molecule has 4 nitrogen and oxygen atoms in total. The lowest BCUT2D eigenvalue weighted by molar-refractivity contribution is 0.0945. The number of amides is 1. The maximum atomic E-state index is 12.0. The Labute approximate surface area is 141 Å². The molecule has 1 aromatic carbocycles. The van der Waals surface area contributed by atoms with E-state index >= 15 is 0 Å². The van der Waals surface area contributed by atoms with E-state index in [0.717, 1.165) is 24.6 Å². The molecule has 1 fully saturated rings.